The monoisotopic (exact) mass is 299 g/mol. The first-order chi connectivity index (χ1) is 8.31. The molecule has 0 aliphatic carbocycles. The lowest BCUT2D eigenvalue weighted by Crippen LogP contribution is -2.31. The van der Waals surface area contributed by atoms with Crippen molar-refractivity contribution in [3.05, 3.63) is 0 Å². The highest BCUT2D eigenvalue weighted by Crippen LogP contribution is 2.69. The van der Waals surface area contributed by atoms with Gasteiger partial charge in [0.15, 0.2) is 5.52 Å². The van der Waals surface area contributed by atoms with E-state index in [4.69, 9.17) is 9.05 Å². The van der Waals surface area contributed by atoms with Crippen molar-refractivity contribution in [1.82, 2.24) is 4.90 Å². The van der Waals surface area contributed by atoms with Crippen LogP contribution < -0.4 is 0 Å². The third kappa shape index (κ3) is 4.18. The van der Waals surface area contributed by atoms with E-state index in [-0.39, 0.29) is 13.2 Å². The van der Waals surface area contributed by atoms with Gasteiger partial charge in [-0.2, -0.15) is 0 Å². The molecule has 0 saturated carbocycles. The zero-order valence-corrected chi connectivity index (χ0v) is 14.2. The largest absolute Gasteiger partial charge is 0.355 e. The van der Waals surface area contributed by atoms with Gasteiger partial charge in [0.2, 0.25) is 0 Å². The summed E-state index contributed by atoms with van der Waals surface area (Å²) in [5, 5.41) is 0. The fraction of sp³-hybridized carbons (Fsp3) is 1.00. The van der Waals surface area contributed by atoms with Crippen molar-refractivity contribution in [1.29, 1.82) is 0 Å². The Morgan fingerprint density at radius 3 is 1.56 bits per heavy atom. The average Bonchev–Trinajstić information content (AvgIpc) is 2.28. The van der Waals surface area contributed by atoms with Gasteiger partial charge in [0.25, 0.3) is 0 Å². The van der Waals surface area contributed by atoms with Gasteiger partial charge < -0.3 is 13.6 Å². The van der Waals surface area contributed by atoms with E-state index in [0.29, 0.717) is 12.3 Å². The third-order valence-corrected chi connectivity index (χ3v) is 10.7. The number of nitrogens with zero attached hydrogens (tertiary/aromatic N) is 1. The lowest BCUT2D eigenvalue weighted by Gasteiger charge is -2.35. The van der Waals surface area contributed by atoms with Crippen molar-refractivity contribution in [2.75, 3.05) is 39.6 Å². The van der Waals surface area contributed by atoms with Gasteiger partial charge in [0.05, 0.1) is 13.2 Å². The van der Waals surface area contributed by atoms with Gasteiger partial charge in [-0.25, -0.2) is 0 Å². The third-order valence-electron chi connectivity index (χ3n) is 2.85. The molecular weight excluding hydrogens is 272 g/mol. The van der Waals surface area contributed by atoms with Crippen LogP contribution in [0.3, 0.4) is 0 Å². The highest BCUT2D eigenvalue weighted by atomic mass is 31.2. The van der Waals surface area contributed by atoms with Crippen molar-refractivity contribution in [2.45, 2.75) is 33.2 Å². The van der Waals surface area contributed by atoms with Crippen LogP contribution in [-0.4, -0.2) is 50.1 Å². The Kier molecular flexibility index (Phi) is 7.96. The highest BCUT2D eigenvalue weighted by Gasteiger charge is 2.47. The van der Waals surface area contributed by atoms with E-state index in [1.165, 1.54) is 0 Å². The number of hydrogen-bond donors (Lipinski definition) is 0. The lowest BCUT2D eigenvalue weighted by molar-refractivity contribution is 0.201. The Hall–Kier alpha value is 0.340. The van der Waals surface area contributed by atoms with Gasteiger partial charge in [0.1, 0.15) is 7.14 Å². The summed E-state index contributed by atoms with van der Waals surface area (Å²) in [5.41, 5.74) is -0.653. The van der Waals surface area contributed by atoms with E-state index in [1.807, 2.05) is 13.8 Å². The molecule has 0 spiro atoms. The minimum atomic E-state index is -3.38. The predicted molar refractivity (Wildman–Crippen MR) is 77.0 cm³/mol. The minimum absolute atomic E-state index is 0.287. The molecule has 0 N–H and O–H groups in total. The van der Waals surface area contributed by atoms with Gasteiger partial charge in [-0.3, -0.25) is 9.46 Å². The molecule has 5 nitrogen and oxygen atoms in total. The molecule has 0 unspecified atom stereocenters. The van der Waals surface area contributed by atoms with Crippen LogP contribution in [0.25, 0.3) is 0 Å². The number of hydrogen-bond acceptors (Lipinski definition) is 5. The van der Waals surface area contributed by atoms with Crippen LogP contribution >= 0.6 is 14.7 Å². The molecule has 0 aromatic rings. The van der Waals surface area contributed by atoms with Crippen molar-refractivity contribution in [3.63, 3.8) is 0 Å². The van der Waals surface area contributed by atoms with Crippen LogP contribution in [0.1, 0.15) is 27.7 Å². The summed E-state index contributed by atoms with van der Waals surface area (Å²) in [6, 6.07) is 0. The molecule has 7 heteroatoms. The summed E-state index contributed by atoms with van der Waals surface area (Å²) in [5.74, 6) is 0. The molecule has 110 valence electrons. The Labute approximate surface area is 111 Å². The quantitative estimate of drug-likeness (QED) is 0.610. The molecule has 0 radical (unpaired) electrons. The van der Waals surface area contributed by atoms with Crippen LogP contribution in [0, 0.1) is 0 Å². The second kappa shape index (κ2) is 7.81. The van der Waals surface area contributed by atoms with E-state index in [9.17, 15) is 9.13 Å². The smallest absolute Gasteiger partial charge is 0.321 e. The highest BCUT2D eigenvalue weighted by molar-refractivity contribution is 7.77. The van der Waals surface area contributed by atoms with E-state index in [0.717, 1.165) is 0 Å². The second-order valence-corrected chi connectivity index (χ2v) is 10.4. The van der Waals surface area contributed by atoms with E-state index in [1.54, 1.807) is 32.8 Å². The first kappa shape index (κ1) is 18.3. The minimum Gasteiger partial charge on any atom is -0.321 e. The maximum absolute atomic E-state index is 12.9. The molecule has 0 saturated heterocycles. The van der Waals surface area contributed by atoms with Gasteiger partial charge >= 0.3 is 7.60 Å². The lowest BCUT2D eigenvalue weighted by atomic mass is 10.9. The van der Waals surface area contributed by atoms with E-state index < -0.39 is 20.3 Å². The SMILES string of the molecule is CCOP(=O)(OCC)[C@@H](N(C)C)P(=O)(CC)CC. The van der Waals surface area contributed by atoms with Gasteiger partial charge in [-0.15, -0.1) is 0 Å². The Morgan fingerprint density at radius 1 is 0.944 bits per heavy atom. The topological polar surface area (TPSA) is 55.8 Å². The standard InChI is InChI=1S/C11H27NO4P2/c1-7-15-18(14,16-8-2)11(12(5)6)17(13,9-3)10-4/h11H,7-10H2,1-6H3/t11-/m0/s1. The molecule has 0 aliphatic rings. The molecule has 1 atom stereocenters. The fourth-order valence-corrected chi connectivity index (χ4v) is 9.05. The van der Waals surface area contributed by atoms with E-state index in [2.05, 4.69) is 0 Å². The van der Waals surface area contributed by atoms with Crippen LogP contribution in [0.5, 0.6) is 0 Å². The Morgan fingerprint density at radius 2 is 1.33 bits per heavy atom. The van der Waals surface area contributed by atoms with Crippen LogP contribution in [0.15, 0.2) is 0 Å². The maximum Gasteiger partial charge on any atom is 0.355 e. The van der Waals surface area contributed by atoms with Crippen LogP contribution in [0.2, 0.25) is 0 Å². The van der Waals surface area contributed by atoms with Gasteiger partial charge in [-0.1, -0.05) is 13.8 Å². The van der Waals surface area contributed by atoms with Gasteiger partial charge in [0, 0.05) is 12.3 Å². The Balaban J connectivity index is 5.56. The second-order valence-electron chi connectivity index (χ2n) is 4.27. The molecule has 0 fully saturated rings. The average molecular weight is 299 g/mol. The molecule has 0 heterocycles. The predicted octanol–water partition coefficient (Wildman–Crippen LogP) is 3.50. The van der Waals surface area contributed by atoms with Crippen LogP contribution in [-0.2, 0) is 18.2 Å². The fourth-order valence-electron chi connectivity index (χ4n) is 2.04. The molecule has 0 amide bonds. The van der Waals surface area contributed by atoms with Crippen molar-refractivity contribution >= 4 is 14.7 Å². The zero-order valence-electron chi connectivity index (χ0n) is 12.4. The van der Waals surface area contributed by atoms with Crippen molar-refractivity contribution in [2.24, 2.45) is 0 Å². The van der Waals surface area contributed by atoms with Crippen molar-refractivity contribution in [3.8, 4) is 0 Å². The summed E-state index contributed by atoms with van der Waals surface area (Å²) in [6.07, 6.45) is 0.993. The Bertz CT molecular complexity index is 315. The number of rotatable bonds is 9. The summed E-state index contributed by atoms with van der Waals surface area (Å²) >= 11 is 0. The normalized spacial score (nSPS) is 15.1. The summed E-state index contributed by atoms with van der Waals surface area (Å²) in [4.78, 5) is 1.72. The first-order valence-corrected chi connectivity index (χ1v) is 10.2. The van der Waals surface area contributed by atoms with Gasteiger partial charge in [-0.05, 0) is 27.9 Å². The summed E-state index contributed by atoms with van der Waals surface area (Å²) in [6.45, 7) is 7.83. The molecule has 0 aromatic heterocycles. The van der Waals surface area contributed by atoms with E-state index >= 15 is 0 Å². The molecule has 0 aliphatic heterocycles. The molecule has 0 bridgehead atoms. The van der Waals surface area contributed by atoms with Crippen molar-refractivity contribution < 1.29 is 18.2 Å². The molecular formula is C11H27NO4P2. The zero-order chi connectivity index (χ0) is 14.4. The van der Waals surface area contributed by atoms with Crippen LogP contribution in [0.4, 0.5) is 0 Å². The summed E-state index contributed by atoms with van der Waals surface area (Å²) < 4.78 is 36.5. The maximum atomic E-state index is 12.9. The first-order valence-electron chi connectivity index (χ1n) is 6.44. The molecule has 18 heavy (non-hydrogen) atoms. The summed E-state index contributed by atoms with van der Waals surface area (Å²) in [7, 11) is -2.45. The molecule has 0 rings (SSSR count). The molecule has 0 aromatic carbocycles.